The van der Waals surface area contributed by atoms with Crippen molar-refractivity contribution in [3.8, 4) is 0 Å². The third kappa shape index (κ3) is 3.70. The minimum atomic E-state index is 0.310. The lowest BCUT2D eigenvalue weighted by Gasteiger charge is -2.19. The molecule has 0 aliphatic rings. The van der Waals surface area contributed by atoms with Crippen LogP contribution in [0, 0.1) is 6.92 Å². The van der Waals surface area contributed by atoms with Crippen LogP contribution in [0.15, 0.2) is 35.1 Å². The number of nitrogens with zero attached hydrogens (tertiary/aromatic N) is 2. The van der Waals surface area contributed by atoms with E-state index in [1.54, 1.807) is 0 Å². The molecule has 4 heteroatoms. The van der Waals surface area contributed by atoms with E-state index in [1.165, 1.54) is 21.2 Å². The summed E-state index contributed by atoms with van der Waals surface area (Å²) in [4.78, 5) is 0. The second-order valence-corrected chi connectivity index (χ2v) is 5.90. The maximum atomic E-state index is 4.36. The summed E-state index contributed by atoms with van der Waals surface area (Å²) < 4.78 is 3.15. The SMILES string of the molecule is CCNC(Cc1cnn(CC)c1)c1ccc(C)cc1Br. The summed E-state index contributed by atoms with van der Waals surface area (Å²) in [5, 5.41) is 7.92. The Hall–Kier alpha value is -1.13. The number of likely N-dealkylation sites (N-methyl/N-ethyl adjacent to an activating group) is 1. The van der Waals surface area contributed by atoms with Crippen molar-refractivity contribution in [1.29, 1.82) is 0 Å². The molecule has 1 heterocycles. The Morgan fingerprint density at radius 2 is 2.15 bits per heavy atom. The van der Waals surface area contributed by atoms with Crippen molar-refractivity contribution >= 4 is 15.9 Å². The van der Waals surface area contributed by atoms with Crippen LogP contribution in [0.5, 0.6) is 0 Å². The van der Waals surface area contributed by atoms with Crippen molar-refractivity contribution in [1.82, 2.24) is 15.1 Å². The molecular weight excluding hydrogens is 314 g/mol. The molecular formula is C16H22BrN3. The van der Waals surface area contributed by atoms with Gasteiger partial charge in [0.25, 0.3) is 0 Å². The lowest BCUT2D eigenvalue weighted by atomic mass is 9.99. The van der Waals surface area contributed by atoms with Gasteiger partial charge in [-0.1, -0.05) is 35.0 Å². The molecule has 1 atom stereocenters. The van der Waals surface area contributed by atoms with E-state index < -0.39 is 0 Å². The van der Waals surface area contributed by atoms with Crippen LogP contribution in [-0.4, -0.2) is 16.3 Å². The zero-order valence-corrected chi connectivity index (χ0v) is 13.9. The summed E-state index contributed by atoms with van der Waals surface area (Å²) in [5.74, 6) is 0. The van der Waals surface area contributed by atoms with Gasteiger partial charge in [-0.2, -0.15) is 5.10 Å². The van der Waals surface area contributed by atoms with Crippen LogP contribution in [-0.2, 0) is 13.0 Å². The topological polar surface area (TPSA) is 29.9 Å². The summed E-state index contributed by atoms with van der Waals surface area (Å²) in [6.45, 7) is 8.23. The monoisotopic (exact) mass is 335 g/mol. The average molecular weight is 336 g/mol. The number of hydrogen-bond donors (Lipinski definition) is 1. The fourth-order valence-corrected chi connectivity index (χ4v) is 3.14. The van der Waals surface area contributed by atoms with Gasteiger partial charge in [0.05, 0.1) is 6.20 Å². The highest BCUT2D eigenvalue weighted by atomic mass is 79.9. The third-order valence-electron chi connectivity index (χ3n) is 3.43. The van der Waals surface area contributed by atoms with Gasteiger partial charge in [-0.25, -0.2) is 0 Å². The van der Waals surface area contributed by atoms with E-state index in [2.05, 4.69) is 71.5 Å². The van der Waals surface area contributed by atoms with Gasteiger partial charge in [-0.15, -0.1) is 0 Å². The number of hydrogen-bond acceptors (Lipinski definition) is 2. The maximum Gasteiger partial charge on any atom is 0.0522 e. The lowest BCUT2D eigenvalue weighted by molar-refractivity contribution is 0.547. The van der Waals surface area contributed by atoms with Crippen LogP contribution < -0.4 is 5.32 Å². The van der Waals surface area contributed by atoms with Crippen molar-refractivity contribution in [2.45, 2.75) is 39.8 Å². The van der Waals surface area contributed by atoms with E-state index in [1.807, 2.05) is 10.9 Å². The first kappa shape index (κ1) is 15.3. The zero-order valence-electron chi connectivity index (χ0n) is 12.4. The number of aromatic nitrogens is 2. The molecule has 1 aromatic heterocycles. The van der Waals surface area contributed by atoms with E-state index in [4.69, 9.17) is 0 Å². The fraction of sp³-hybridized carbons (Fsp3) is 0.438. The molecule has 0 aliphatic carbocycles. The lowest BCUT2D eigenvalue weighted by Crippen LogP contribution is -2.23. The largest absolute Gasteiger partial charge is 0.310 e. The summed E-state index contributed by atoms with van der Waals surface area (Å²) in [7, 11) is 0. The Balaban J connectivity index is 2.21. The zero-order chi connectivity index (χ0) is 14.5. The molecule has 0 aliphatic heterocycles. The van der Waals surface area contributed by atoms with E-state index in [0.29, 0.717) is 6.04 Å². The van der Waals surface area contributed by atoms with Crippen molar-refractivity contribution in [2.24, 2.45) is 0 Å². The summed E-state index contributed by atoms with van der Waals surface area (Å²) >= 11 is 3.69. The molecule has 0 radical (unpaired) electrons. The molecule has 0 saturated heterocycles. The predicted octanol–water partition coefficient (Wildman–Crippen LogP) is 3.87. The normalized spacial score (nSPS) is 12.6. The van der Waals surface area contributed by atoms with E-state index in [9.17, 15) is 0 Å². The molecule has 0 fully saturated rings. The van der Waals surface area contributed by atoms with Gasteiger partial charge in [0.15, 0.2) is 0 Å². The van der Waals surface area contributed by atoms with Gasteiger partial charge in [0, 0.05) is 23.3 Å². The molecule has 1 aromatic carbocycles. The first-order valence-electron chi connectivity index (χ1n) is 7.14. The standard InChI is InChI=1S/C16H22BrN3/c1-4-18-16(9-13-10-19-20(5-2)11-13)14-7-6-12(3)8-15(14)17/h6-8,10-11,16,18H,4-5,9H2,1-3H3. The van der Waals surface area contributed by atoms with Gasteiger partial charge in [-0.05, 0) is 49.6 Å². The van der Waals surface area contributed by atoms with Gasteiger partial charge in [0.1, 0.15) is 0 Å². The second-order valence-electron chi connectivity index (χ2n) is 5.04. The first-order chi connectivity index (χ1) is 9.63. The molecule has 2 aromatic rings. The van der Waals surface area contributed by atoms with Crippen LogP contribution in [0.25, 0.3) is 0 Å². The Kier molecular flexibility index (Phi) is 5.38. The molecule has 2 rings (SSSR count). The van der Waals surface area contributed by atoms with E-state index in [0.717, 1.165) is 19.5 Å². The van der Waals surface area contributed by atoms with Crippen molar-refractivity contribution in [3.05, 3.63) is 51.8 Å². The minimum Gasteiger partial charge on any atom is -0.310 e. The highest BCUT2D eigenvalue weighted by Crippen LogP contribution is 2.27. The summed E-state index contributed by atoms with van der Waals surface area (Å²) in [6.07, 6.45) is 5.05. The van der Waals surface area contributed by atoms with Crippen molar-refractivity contribution in [2.75, 3.05) is 6.54 Å². The molecule has 1 N–H and O–H groups in total. The Bertz CT molecular complexity index is 563. The molecule has 0 bridgehead atoms. The van der Waals surface area contributed by atoms with Crippen molar-refractivity contribution < 1.29 is 0 Å². The van der Waals surface area contributed by atoms with Crippen molar-refractivity contribution in [3.63, 3.8) is 0 Å². The maximum absolute atomic E-state index is 4.36. The molecule has 0 amide bonds. The van der Waals surface area contributed by atoms with E-state index in [-0.39, 0.29) is 0 Å². The molecule has 3 nitrogen and oxygen atoms in total. The Morgan fingerprint density at radius 1 is 1.35 bits per heavy atom. The summed E-state index contributed by atoms with van der Waals surface area (Å²) in [6, 6.07) is 6.86. The van der Waals surface area contributed by atoms with Crippen LogP contribution >= 0.6 is 15.9 Å². The first-order valence-corrected chi connectivity index (χ1v) is 7.94. The Morgan fingerprint density at radius 3 is 2.75 bits per heavy atom. The number of halogens is 1. The molecule has 108 valence electrons. The van der Waals surface area contributed by atoms with Crippen LogP contribution in [0.1, 0.15) is 36.6 Å². The Labute approximate surface area is 129 Å². The van der Waals surface area contributed by atoms with E-state index >= 15 is 0 Å². The second kappa shape index (κ2) is 7.04. The quantitative estimate of drug-likeness (QED) is 0.868. The number of aryl methyl sites for hydroxylation is 2. The van der Waals surface area contributed by atoms with Crippen LogP contribution in [0.2, 0.25) is 0 Å². The number of rotatable bonds is 6. The minimum absolute atomic E-state index is 0.310. The van der Waals surface area contributed by atoms with Crippen LogP contribution in [0.3, 0.4) is 0 Å². The number of nitrogens with one attached hydrogen (secondary N) is 1. The predicted molar refractivity (Wildman–Crippen MR) is 86.9 cm³/mol. The van der Waals surface area contributed by atoms with Gasteiger partial charge >= 0.3 is 0 Å². The highest BCUT2D eigenvalue weighted by molar-refractivity contribution is 9.10. The van der Waals surface area contributed by atoms with Gasteiger partial charge in [-0.3, -0.25) is 4.68 Å². The molecule has 0 saturated carbocycles. The van der Waals surface area contributed by atoms with Gasteiger partial charge in [0.2, 0.25) is 0 Å². The average Bonchev–Trinajstić information content (AvgIpc) is 2.86. The molecule has 0 spiro atoms. The fourth-order valence-electron chi connectivity index (χ4n) is 2.37. The highest BCUT2D eigenvalue weighted by Gasteiger charge is 2.15. The molecule has 20 heavy (non-hydrogen) atoms. The molecule has 1 unspecified atom stereocenters. The van der Waals surface area contributed by atoms with Gasteiger partial charge < -0.3 is 5.32 Å². The smallest absolute Gasteiger partial charge is 0.0522 e. The number of benzene rings is 1. The third-order valence-corrected chi connectivity index (χ3v) is 4.12. The summed E-state index contributed by atoms with van der Waals surface area (Å²) in [5.41, 5.74) is 3.85. The van der Waals surface area contributed by atoms with Crippen LogP contribution in [0.4, 0.5) is 0 Å².